The summed E-state index contributed by atoms with van der Waals surface area (Å²) in [5.41, 5.74) is 4.57. The van der Waals surface area contributed by atoms with Crippen LogP contribution in [0.2, 0.25) is 0 Å². The van der Waals surface area contributed by atoms with Gasteiger partial charge in [0, 0.05) is 23.6 Å². The van der Waals surface area contributed by atoms with E-state index in [1.165, 1.54) is 23.7 Å². The second-order valence-electron chi connectivity index (χ2n) is 4.91. The van der Waals surface area contributed by atoms with Crippen molar-refractivity contribution in [2.24, 2.45) is 0 Å². The SMILES string of the molecule is Fc1ccc2[nH]cc(CCNc3ncnc4scnc34)c2c1. The lowest BCUT2D eigenvalue weighted by Gasteiger charge is -2.05. The Labute approximate surface area is 129 Å². The normalized spacial score (nSPS) is 11.3. The zero-order valence-electron chi connectivity index (χ0n) is 11.5. The summed E-state index contributed by atoms with van der Waals surface area (Å²) in [4.78, 5) is 16.7. The molecular formula is C15H12FN5S. The van der Waals surface area contributed by atoms with Gasteiger partial charge in [0.05, 0.1) is 5.51 Å². The lowest BCUT2D eigenvalue weighted by atomic mass is 10.1. The van der Waals surface area contributed by atoms with E-state index in [4.69, 9.17) is 0 Å². The molecule has 22 heavy (non-hydrogen) atoms. The summed E-state index contributed by atoms with van der Waals surface area (Å²) in [5.74, 6) is 0.513. The van der Waals surface area contributed by atoms with Crippen LogP contribution in [0, 0.1) is 5.82 Å². The van der Waals surface area contributed by atoms with Gasteiger partial charge in [-0.15, -0.1) is 11.3 Å². The van der Waals surface area contributed by atoms with Crippen molar-refractivity contribution in [3.8, 4) is 0 Å². The molecular weight excluding hydrogens is 301 g/mol. The number of H-pyrrole nitrogens is 1. The molecule has 0 unspecified atom stereocenters. The molecule has 0 bridgehead atoms. The molecule has 7 heteroatoms. The van der Waals surface area contributed by atoms with Crippen molar-refractivity contribution < 1.29 is 4.39 Å². The highest BCUT2D eigenvalue weighted by atomic mass is 32.1. The lowest BCUT2D eigenvalue weighted by Crippen LogP contribution is -2.06. The van der Waals surface area contributed by atoms with E-state index in [2.05, 4.69) is 25.3 Å². The fourth-order valence-corrected chi connectivity index (χ4v) is 3.12. The van der Waals surface area contributed by atoms with Crippen LogP contribution in [0.1, 0.15) is 5.56 Å². The summed E-state index contributed by atoms with van der Waals surface area (Å²) in [5, 5.41) is 4.20. The van der Waals surface area contributed by atoms with E-state index < -0.39 is 0 Å². The minimum Gasteiger partial charge on any atom is -0.368 e. The zero-order chi connectivity index (χ0) is 14.9. The second kappa shape index (κ2) is 5.34. The highest BCUT2D eigenvalue weighted by molar-refractivity contribution is 7.16. The predicted octanol–water partition coefficient (Wildman–Crippen LogP) is 3.36. The minimum absolute atomic E-state index is 0.221. The van der Waals surface area contributed by atoms with Crippen LogP contribution < -0.4 is 5.32 Å². The number of thiazole rings is 1. The number of rotatable bonds is 4. The van der Waals surface area contributed by atoms with Crippen molar-refractivity contribution in [3.63, 3.8) is 0 Å². The molecule has 0 aliphatic heterocycles. The molecule has 1 aromatic carbocycles. The molecule has 0 aliphatic carbocycles. The van der Waals surface area contributed by atoms with E-state index in [9.17, 15) is 4.39 Å². The van der Waals surface area contributed by atoms with Gasteiger partial charge < -0.3 is 10.3 Å². The molecule has 110 valence electrons. The van der Waals surface area contributed by atoms with Crippen molar-refractivity contribution in [2.45, 2.75) is 6.42 Å². The molecule has 3 heterocycles. The molecule has 0 amide bonds. The molecule has 0 saturated carbocycles. The molecule has 5 nitrogen and oxygen atoms in total. The van der Waals surface area contributed by atoms with Crippen molar-refractivity contribution in [1.82, 2.24) is 19.9 Å². The summed E-state index contributed by atoms with van der Waals surface area (Å²) in [6.07, 6.45) is 4.22. The smallest absolute Gasteiger partial charge is 0.156 e. The average molecular weight is 313 g/mol. The maximum absolute atomic E-state index is 13.4. The van der Waals surface area contributed by atoms with Gasteiger partial charge in [0.1, 0.15) is 22.5 Å². The summed E-state index contributed by atoms with van der Waals surface area (Å²) < 4.78 is 13.4. The summed E-state index contributed by atoms with van der Waals surface area (Å²) in [7, 11) is 0. The minimum atomic E-state index is -0.221. The molecule has 0 aliphatic rings. The number of hydrogen-bond acceptors (Lipinski definition) is 5. The van der Waals surface area contributed by atoms with E-state index in [1.54, 1.807) is 17.6 Å². The van der Waals surface area contributed by atoms with E-state index in [-0.39, 0.29) is 5.82 Å². The fourth-order valence-electron chi connectivity index (χ4n) is 2.50. The van der Waals surface area contributed by atoms with Crippen molar-refractivity contribution in [3.05, 3.63) is 47.6 Å². The van der Waals surface area contributed by atoms with Crippen molar-refractivity contribution >= 4 is 38.4 Å². The number of fused-ring (bicyclic) bond motifs is 2. The van der Waals surface area contributed by atoms with Gasteiger partial charge in [-0.3, -0.25) is 0 Å². The highest BCUT2D eigenvalue weighted by Gasteiger charge is 2.07. The first kappa shape index (κ1) is 13.1. The van der Waals surface area contributed by atoms with Crippen LogP contribution in [-0.2, 0) is 6.42 Å². The number of nitrogens with zero attached hydrogens (tertiary/aromatic N) is 3. The number of anilines is 1. The van der Waals surface area contributed by atoms with E-state index in [0.29, 0.717) is 6.54 Å². The topological polar surface area (TPSA) is 66.5 Å². The van der Waals surface area contributed by atoms with Gasteiger partial charge in [-0.2, -0.15) is 0 Å². The van der Waals surface area contributed by atoms with Crippen LogP contribution in [0.25, 0.3) is 21.3 Å². The second-order valence-corrected chi connectivity index (χ2v) is 5.74. The third-order valence-corrected chi connectivity index (χ3v) is 4.28. The Hall–Kier alpha value is -2.54. The van der Waals surface area contributed by atoms with Gasteiger partial charge in [0.15, 0.2) is 5.82 Å². The molecule has 4 rings (SSSR count). The summed E-state index contributed by atoms with van der Waals surface area (Å²) in [6.45, 7) is 0.688. The maximum atomic E-state index is 13.4. The number of nitrogens with one attached hydrogen (secondary N) is 2. The van der Waals surface area contributed by atoms with E-state index in [0.717, 1.165) is 39.1 Å². The number of aromatic nitrogens is 4. The van der Waals surface area contributed by atoms with Crippen molar-refractivity contribution in [2.75, 3.05) is 11.9 Å². The Morgan fingerprint density at radius 3 is 3.14 bits per heavy atom. The van der Waals surface area contributed by atoms with E-state index in [1.807, 2.05) is 6.20 Å². The monoisotopic (exact) mass is 313 g/mol. The Balaban J connectivity index is 1.52. The molecule has 0 saturated heterocycles. The van der Waals surface area contributed by atoms with Crippen LogP contribution in [0.5, 0.6) is 0 Å². The summed E-state index contributed by atoms with van der Waals surface area (Å²) >= 11 is 1.49. The predicted molar refractivity (Wildman–Crippen MR) is 85.7 cm³/mol. The van der Waals surface area contributed by atoms with Gasteiger partial charge in [-0.05, 0) is 30.2 Å². The van der Waals surface area contributed by atoms with Crippen LogP contribution >= 0.6 is 11.3 Å². The first-order valence-corrected chi connectivity index (χ1v) is 7.73. The molecule has 0 spiro atoms. The third kappa shape index (κ3) is 2.29. The molecule has 2 N–H and O–H groups in total. The standard InChI is InChI=1S/C15H12FN5S/c16-10-1-2-12-11(5-10)9(6-18-12)3-4-17-14-13-15(20-7-19-14)22-8-21-13/h1-2,5-8,18H,3-4H2,(H,17,19,20). The largest absolute Gasteiger partial charge is 0.368 e. The maximum Gasteiger partial charge on any atom is 0.156 e. The van der Waals surface area contributed by atoms with Crippen LogP contribution in [0.15, 0.2) is 36.2 Å². The zero-order valence-corrected chi connectivity index (χ0v) is 12.3. The lowest BCUT2D eigenvalue weighted by molar-refractivity contribution is 0.629. The van der Waals surface area contributed by atoms with Gasteiger partial charge in [-0.1, -0.05) is 0 Å². The number of hydrogen-bond donors (Lipinski definition) is 2. The average Bonchev–Trinajstić information content (AvgIpc) is 3.14. The number of aromatic amines is 1. The van der Waals surface area contributed by atoms with Gasteiger partial charge >= 0.3 is 0 Å². The highest BCUT2D eigenvalue weighted by Crippen LogP contribution is 2.22. The first-order chi connectivity index (χ1) is 10.8. The molecule has 0 fully saturated rings. The van der Waals surface area contributed by atoms with Crippen LogP contribution in [-0.4, -0.2) is 26.5 Å². The molecule has 4 aromatic rings. The third-order valence-electron chi connectivity index (χ3n) is 3.55. The van der Waals surface area contributed by atoms with Crippen molar-refractivity contribution in [1.29, 1.82) is 0 Å². The van der Waals surface area contributed by atoms with Gasteiger partial charge in [0.25, 0.3) is 0 Å². The Morgan fingerprint density at radius 1 is 1.23 bits per heavy atom. The Morgan fingerprint density at radius 2 is 2.18 bits per heavy atom. The number of benzene rings is 1. The van der Waals surface area contributed by atoms with Crippen LogP contribution in [0.4, 0.5) is 10.2 Å². The molecule has 0 radical (unpaired) electrons. The summed E-state index contributed by atoms with van der Waals surface area (Å²) in [6, 6.07) is 4.77. The first-order valence-electron chi connectivity index (χ1n) is 6.85. The van der Waals surface area contributed by atoms with Gasteiger partial charge in [0.2, 0.25) is 0 Å². The number of halogens is 1. The van der Waals surface area contributed by atoms with E-state index >= 15 is 0 Å². The molecule has 3 aromatic heterocycles. The Kier molecular flexibility index (Phi) is 3.19. The quantitative estimate of drug-likeness (QED) is 0.606. The van der Waals surface area contributed by atoms with Crippen LogP contribution in [0.3, 0.4) is 0 Å². The van der Waals surface area contributed by atoms with Gasteiger partial charge in [-0.25, -0.2) is 19.3 Å². The fraction of sp³-hybridized carbons (Fsp3) is 0.133. The molecule has 0 atom stereocenters. The Bertz CT molecular complexity index is 945.